The Morgan fingerprint density at radius 1 is 0.829 bits per heavy atom. The summed E-state index contributed by atoms with van der Waals surface area (Å²) in [7, 11) is -4.16. The summed E-state index contributed by atoms with van der Waals surface area (Å²) in [6.07, 6.45) is 0. The lowest BCUT2D eigenvalue weighted by Gasteiger charge is -2.11. The van der Waals surface area contributed by atoms with Crippen LogP contribution in [-0.4, -0.2) is 30.4 Å². The largest absolute Gasteiger partial charge is 0.348 e. The lowest BCUT2D eigenvalue weighted by Crippen LogP contribution is -2.25. The Kier molecular flexibility index (Phi) is 7.18. The van der Waals surface area contributed by atoms with E-state index in [1.807, 2.05) is 36.4 Å². The Hall–Kier alpha value is -4.09. The van der Waals surface area contributed by atoms with Crippen LogP contribution in [0.25, 0.3) is 0 Å². The molecule has 0 spiro atoms. The van der Waals surface area contributed by atoms with E-state index >= 15 is 0 Å². The van der Waals surface area contributed by atoms with Crippen molar-refractivity contribution in [3.8, 4) is 0 Å². The molecule has 178 valence electrons. The summed E-state index contributed by atoms with van der Waals surface area (Å²) in [5.74, 6) is -0.854. The van der Waals surface area contributed by atoms with Crippen LogP contribution in [-0.2, 0) is 16.6 Å². The molecular weight excluding hydrogens is 486 g/mol. The predicted octanol–water partition coefficient (Wildman–Crippen LogP) is 3.83. The Morgan fingerprint density at radius 2 is 1.49 bits per heavy atom. The van der Waals surface area contributed by atoms with Crippen LogP contribution in [0.2, 0.25) is 0 Å². The van der Waals surface area contributed by atoms with Crippen molar-refractivity contribution in [3.63, 3.8) is 0 Å². The molecule has 1 heterocycles. The molecule has 0 saturated carbocycles. The molecule has 0 fully saturated rings. The van der Waals surface area contributed by atoms with E-state index < -0.39 is 21.8 Å². The van der Waals surface area contributed by atoms with Crippen LogP contribution in [0, 0.1) is 6.92 Å². The predicted molar refractivity (Wildman–Crippen MR) is 134 cm³/mol. The molecule has 9 nitrogen and oxygen atoms in total. The van der Waals surface area contributed by atoms with Gasteiger partial charge >= 0.3 is 0 Å². The SMILES string of the molecule is Cc1ccccc1C(=O)Nc1nnc(S(=O)(=O)Nc2ccccc2C(=O)NCc2ccccc2)s1. The number of aryl methyl sites for hydroxylation is 1. The molecule has 0 bridgehead atoms. The second-order valence-corrected chi connectivity index (χ2v) is 10.3. The van der Waals surface area contributed by atoms with Gasteiger partial charge in [-0.05, 0) is 36.2 Å². The quantitative estimate of drug-likeness (QED) is 0.311. The monoisotopic (exact) mass is 507 g/mol. The maximum Gasteiger partial charge on any atom is 0.291 e. The smallest absolute Gasteiger partial charge is 0.291 e. The number of benzene rings is 3. The fourth-order valence-electron chi connectivity index (χ4n) is 3.19. The van der Waals surface area contributed by atoms with Crippen LogP contribution >= 0.6 is 11.3 Å². The number of rotatable bonds is 8. The fraction of sp³-hybridized carbons (Fsp3) is 0.0833. The van der Waals surface area contributed by atoms with Crippen molar-refractivity contribution < 1.29 is 18.0 Å². The second kappa shape index (κ2) is 10.5. The average molecular weight is 508 g/mol. The number of nitrogens with one attached hydrogen (secondary N) is 3. The minimum absolute atomic E-state index is 0.0347. The van der Waals surface area contributed by atoms with Crippen LogP contribution < -0.4 is 15.4 Å². The minimum atomic E-state index is -4.16. The van der Waals surface area contributed by atoms with E-state index in [2.05, 4.69) is 25.6 Å². The summed E-state index contributed by atoms with van der Waals surface area (Å²) in [4.78, 5) is 25.2. The highest BCUT2D eigenvalue weighted by molar-refractivity contribution is 7.94. The molecule has 0 aliphatic rings. The second-order valence-electron chi connectivity index (χ2n) is 7.46. The molecule has 4 rings (SSSR count). The van der Waals surface area contributed by atoms with Crippen molar-refractivity contribution in [2.45, 2.75) is 17.8 Å². The minimum Gasteiger partial charge on any atom is -0.348 e. The maximum absolute atomic E-state index is 12.9. The van der Waals surface area contributed by atoms with Gasteiger partial charge in [-0.15, -0.1) is 10.2 Å². The third-order valence-electron chi connectivity index (χ3n) is 4.96. The van der Waals surface area contributed by atoms with Gasteiger partial charge in [0.05, 0.1) is 11.3 Å². The van der Waals surface area contributed by atoms with Gasteiger partial charge in [0, 0.05) is 12.1 Å². The summed E-state index contributed by atoms with van der Waals surface area (Å²) in [5, 5.41) is 12.9. The van der Waals surface area contributed by atoms with Gasteiger partial charge < -0.3 is 5.32 Å². The summed E-state index contributed by atoms with van der Waals surface area (Å²) < 4.78 is 27.9. The van der Waals surface area contributed by atoms with Gasteiger partial charge in [-0.3, -0.25) is 19.6 Å². The summed E-state index contributed by atoms with van der Waals surface area (Å²) in [6, 6.07) is 22.6. The fourth-order valence-corrected chi connectivity index (χ4v) is 5.17. The molecule has 1 aromatic heterocycles. The topological polar surface area (TPSA) is 130 Å². The zero-order valence-corrected chi connectivity index (χ0v) is 20.2. The van der Waals surface area contributed by atoms with Crippen molar-refractivity contribution in [2.75, 3.05) is 10.0 Å². The summed E-state index contributed by atoms with van der Waals surface area (Å²) in [5.41, 5.74) is 2.38. The Labute approximate surface area is 206 Å². The number of carbonyl (C=O) groups excluding carboxylic acids is 2. The number of carbonyl (C=O) groups is 2. The molecule has 0 unspecified atom stereocenters. The first kappa shape index (κ1) is 24.0. The zero-order valence-electron chi connectivity index (χ0n) is 18.6. The van der Waals surface area contributed by atoms with Crippen LogP contribution in [0.5, 0.6) is 0 Å². The summed E-state index contributed by atoms with van der Waals surface area (Å²) >= 11 is 0.705. The van der Waals surface area contributed by atoms with Crippen LogP contribution in [0.1, 0.15) is 31.8 Å². The number of anilines is 2. The molecule has 0 aliphatic heterocycles. The first-order valence-electron chi connectivity index (χ1n) is 10.5. The third-order valence-corrected chi connectivity index (χ3v) is 7.53. The van der Waals surface area contributed by atoms with Crippen LogP contribution in [0.4, 0.5) is 10.8 Å². The van der Waals surface area contributed by atoms with E-state index in [9.17, 15) is 18.0 Å². The molecule has 11 heteroatoms. The Bertz CT molecular complexity index is 1470. The van der Waals surface area contributed by atoms with Crippen LogP contribution in [0.15, 0.2) is 83.2 Å². The van der Waals surface area contributed by atoms with E-state index in [-0.39, 0.29) is 20.7 Å². The Morgan fingerprint density at radius 3 is 2.23 bits per heavy atom. The zero-order chi connectivity index (χ0) is 24.8. The molecule has 0 aliphatic carbocycles. The van der Waals surface area contributed by atoms with Crippen molar-refractivity contribution in [1.82, 2.24) is 15.5 Å². The first-order chi connectivity index (χ1) is 16.8. The number of amides is 2. The average Bonchev–Trinajstić information content (AvgIpc) is 3.33. The number of nitrogens with zero attached hydrogens (tertiary/aromatic N) is 2. The van der Waals surface area contributed by atoms with E-state index in [1.54, 1.807) is 37.3 Å². The van der Waals surface area contributed by atoms with Crippen molar-refractivity contribution in [3.05, 3.63) is 101 Å². The van der Waals surface area contributed by atoms with Gasteiger partial charge in [0.1, 0.15) is 0 Å². The molecule has 3 aromatic carbocycles. The molecule has 2 amide bonds. The highest BCUT2D eigenvalue weighted by Gasteiger charge is 2.24. The van der Waals surface area contributed by atoms with Gasteiger partial charge in [0.15, 0.2) is 0 Å². The molecule has 4 aromatic rings. The number of aromatic nitrogens is 2. The van der Waals surface area contributed by atoms with Crippen molar-refractivity contribution in [2.24, 2.45) is 0 Å². The number of para-hydroxylation sites is 1. The first-order valence-corrected chi connectivity index (χ1v) is 12.8. The Balaban J connectivity index is 1.47. The molecule has 3 N–H and O–H groups in total. The maximum atomic E-state index is 12.9. The van der Waals surface area contributed by atoms with Gasteiger partial charge in [-0.1, -0.05) is 72.0 Å². The van der Waals surface area contributed by atoms with Gasteiger partial charge in [0.2, 0.25) is 5.13 Å². The molecule has 35 heavy (non-hydrogen) atoms. The highest BCUT2D eigenvalue weighted by atomic mass is 32.2. The lowest BCUT2D eigenvalue weighted by atomic mass is 10.1. The number of hydrogen-bond acceptors (Lipinski definition) is 7. The van der Waals surface area contributed by atoms with E-state index in [4.69, 9.17) is 0 Å². The standard InChI is InChI=1S/C24H21N5O4S2/c1-16-9-5-6-12-18(16)22(31)26-23-27-28-24(34-23)35(32,33)29-20-14-8-7-13-19(20)21(30)25-15-17-10-3-2-4-11-17/h2-14,29H,15H2,1H3,(H,25,30)(H,26,27,31). The van der Waals surface area contributed by atoms with E-state index in [0.29, 0.717) is 23.4 Å². The van der Waals surface area contributed by atoms with Crippen molar-refractivity contribution in [1.29, 1.82) is 0 Å². The van der Waals surface area contributed by atoms with E-state index in [0.717, 1.165) is 11.1 Å². The highest BCUT2D eigenvalue weighted by Crippen LogP contribution is 2.25. The summed E-state index contributed by atoms with van der Waals surface area (Å²) in [6.45, 7) is 2.09. The van der Waals surface area contributed by atoms with Gasteiger partial charge in [0.25, 0.3) is 26.2 Å². The molecule has 0 saturated heterocycles. The van der Waals surface area contributed by atoms with Gasteiger partial charge in [-0.25, -0.2) is 0 Å². The van der Waals surface area contributed by atoms with Gasteiger partial charge in [-0.2, -0.15) is 8.42 Å². The van der Waals surface area contributed by atoms with Crippen molar-refractivity contribution >= 4 is 44.0 Å². The third kappa shape index (κ3) is 5.89. The van der Waals surface area contributed by atoms with E-state index in [1.165, 1.54) is 12.1 Å². The number of sulfonamides is 1. The molecule has 0 atom stereocenters. The molecule has 0 radical (unpaired) electrons. The number of hydrogen-bond donors (Lipinski definition) is 3. The normalized spacial score (nSPS) is 11.0. The lowest BCUT2D eigenvalue weighted by molar-refractivity contribution is 0.0951. The molecular formula is C24H21N5O4S2. The van der Waals surface area contributed by atoms with Crippen LogP contribution in [0.3, 0.4) is 0 Å².